The van der Waals surface area contributed by atoms with Gasteiger partial charge in [-0.25, -0.2) is 0 Å². The molecule has 9 nitrogen and oxygen atoms in total. The molecule has 24 heavy (non-hydrogen) atoms. The van der Waals surface area contributed by atoms with Crippen LogP contribution in [0.4, 0.5) is 5.69 Å². The molecule has 1 atom stereocenters. The van der Waals surface area contributed by atoms with Crippen LogP contribution in [0.15, 0.2) is 40.8 Å². The summed E-state index contributed by atoms with van der Waals surface area (Å²) < 4.78 is 32.7. The fraction of sp³-hybridized carbons (Fsp3) is 0.214. The number of carbonyl (C=O) groups is 1. The lowest BCUT2D eigenvalue weighted by Crippen LogP contribution is -2.30. The minimum atomic E-state index is -3.70. The Balaban J connectivity index is 1.76. The second-order valence-corrected chi connectivity index (χ2v) is 6.93. The van der Waals surface area contributed by atoms with Gasteiger partial charge in [0.15, 0.2) is 0 Å². The maximum absolute atomic E-state index is 11.9. The molecule has 2 aromatic rings. The monoisotopic (exact) mass is 351 g/mol. The van der Waals surface area contributed by atoms with Crippen molar-refractivity contribution >= 4 is 22.2 Å². The van der Waals surface area contributed by atoms with Gasteiger partial charge in [0, 0.05) is 24.2 Å². The number of hydrogen-bond acceptors (Lipinski definition) is 6. The van der Waals surface area contributed by atoms with E-state index in [9.17, 15) is 23.3 Å². The molecule has 1 aromatic carbocycles. The number of aldehydes is 1. The number of nitrogens with zero attached hydrogens (tertiary/aromatic N) is 2. The molecule has 1 aromatic heterocycles. The molecule has 1 saturated heterocycles. The number of furan rings is 1. The largest absolute Gasteiger partial charge is 0.460 e. The van der Waals surface area contributed by atoms with Gasteiger partial charge in [-0.1, -0.05) is 0 Å². The molecule has 0 aliphatic carbocycles. The van der Waals surface area contributed by atoms with Gasteiger partial charge in [0.1, 0.15) is 17.8 Å². The summed E-state index contributed by atoms with van der Waals surface area (Å²) in [5.41, 5.74) is 0.611. The summed E-state index contributed by atoms with van der Waals surface area (Å²) in [6.07, 6.45) is 0.544. The molecule has 1 fully saturated rings. The molecular formula is C14H13N3O6S. The number of carbonyl (C=O) groups excluding carboxylic acids is 1. The van der Waals surface area contributed by atoms with Crippen LogP contribution in [-0.2, 0) is 21.5 Å². The number of hydrogen-bond donors (Lipinski definition) is 1. The van der Waals surface area contributed by atoms with E-state index in [0.717, 1.165) is 4.31 Å². The molecule has 1 unspecified atom stereocenters. The summed E-state index contributed by atoms with van der Waals surface area (Å²) in [4.78, 5) is 20.9. The van der Waals surface area contributed by atoms with Gasteiger partial charge < -0.3 is 9.21 Å². The van der Waals surface area contributed by atoms with Gasteiger partial charge in [0.25, 0.3) is 15.9 Å². The maximum atomic E-state index is 11.9. The maximum Gasteiger partial charge on any atom is 0.280 e. The van der Waals surface area contributed by atoms with Crippen LogP contribution in [0.1, 0.15) is 5.76 Å². The Morgan fingerprint density at radius 2 is 2.00 bits per heavy atom. The third-order valence-electron chi connectivity index (χ3n) is 3.56. The Morgan fingerprint density at radius 1 is 1.29 bits per heavy atom. The third-order valence-corrected chi connectivity index (χ3v) is 5.12. The zero-order chi connectivity index (χ0) is 17.3. The molecule has 0 amide bonds. The van der Waals surface area contributed by atoms with Gasteiger partial charge in [0.05, 0.1) is 17.5 Å². The molecule has 10 heteroatoms. The van der Waals surface area contributed by atoms with Crippen molar-refractivity contribution in [3.63, 3.8) is 0 Å². The summed E-state index contributed by atoms with van der Waals surface area (Å²) in [5.74, 6) is 0.872. The van der Waals surface area contributed by atoms with Gasteiger partial charge in [0.2, 0.25) is 0 Å². The number of benzene rings is 1. The number of rotatable bonds is 5. The molecule has 0 spiro atoms. The third kappa shape index (κ3) is 3.20. The average molecular weight is 351 g/mol. The zero-order valence-corrected chi connectivity index (χ0v) is 13.1. The fourth-order valence-corrected chi connectivity index (χ4v) is 3.70. The van der Waals surface area contributed by atoms with Crippen molar-refractivity contribution in [2.75, 3.05) is 6.54 Å². The molecule has 0 saturated carbocycles. The number of nitro benzene ring substituents is 1. The molecule has 3 rings (SSSR count). The van der Waals surface area contributed by atoms with Crippen molar-refractivity contribution in [3.05, 3.63) is 52.3 Å². The summed E-state index contributed by atoms with van der Waals surface area (Å²) in [6.45, 7) is 0.0338. The van der Waals surface area contributed by atoms with E-state index in [4.69, 9.17) is 4.42 Å². The molecule has 2 heterocycles. The second kappa shape index (κ2) is 6.15. The van der Waals surface area contributed by atoms with E-state index in [0.29, 0.717) is 23.4 Å². The fourth-order valence-electron chi connectivity index (χ4n) is 2.38. The predicted octanol–water partition coefficient (Wildman–Crippen LogP) is 1.07. The van der Waals surface area contributed by atoms with Crippen LogP contribution < -0.4 is 4.72 Å². The highest BCUT2D eigenvalue weighted by atomic mass is 32.2. The molecule has 1 N–H and O–H groups in total. The highest BCUT2D eigenvalue weighted by molar-refractivity contribution is 7.87. The minimum absolute atomic E-state index is 0.00729. The first-order chi connectivity index (χ1) is 11.4. The van der Waals surface area contributed by atoms with Crippen molar-refractivity contribution in [1.82, 2.24) is 9.03 Å². The molecule has 0 radical (unpaired) electrons. The van der Waals surface area contributed by atoms with Crippen molar-refractivity contribution < 1.29 is 22.6 Å². The van der Waals surface area contributed by atoms with Gasteiger partial charge in [-0.3, -0.25) is 10.1 Å². The van der Waals surface area contributed by atoms with E-state index in [2.05, 4.69) is 4.72 Å². The first kappa shape index (κ1) is 16.3. The van der Waals surface area contributed by atoms with Gasteiger partial charge in [-0.2, -0.15) is 17.4 Å². The quantitative estimate of drug-likeness (QED) is 0.488. The van der Waals surface area contributed by atoms with Crippen molar-refractivity contribution in [1.29, 1.82) is 0 Å². The first-order valence-corrected chi connectivity index (χ1v) is 8.39. The van der Waals surface area contributed by atoms with Crippen LogP contribution in [-0.4, -0.2) is 36.5 Å². The van der Waals surface area contributed by atoms with Crippen LogP contribution in [0.25, 0.3) is 11.3 Å². The topological polar surface area (TPSA) is 123 Å². The Labute approximate surface area is 137 Å². The van der Waals surface area contributed by atoms with E-state index in [-0.39, 0.29) is 18.8 Å². The number of nitrogens with one attached hydrogen (secondary N) is 1. The normalized spacial score (nSPS) is 20.1. The molecule has 0 bridgehead atoms. The Bertz CT molecular complexity index is 874. The van der Waals surface area contributed by atoms with E-state index < -0.39 is 21.2 Å². The lowest BCUT2D eigenvalue weighted by Gasteiger charge is -2.10. The smallest absolute Gasteiger partial charge is 0.280 e. The minimum Gasteiger partial charge on any atom is -0.460 e. The summed E-state index contributed by atoms with van der Waals surface area (Å²) >= 11 is 0. The zero-order valence-electron chi connectivity index (χ0n) is 12.3. The van der Waals surface area contributed by atoms with Crippen molar-refractivity contribution in [2.45, 2.75) is 12.6 Å². The van der Waals surface area contributed by atoms with E-state index in [1.165, 1.54) is 12.1 Å². The van der Waals surface area contributed by atoms with Crippen LogP contribution in [0.2, 0.25) is 0 Å². The van der Waals surface area contributed by atoms with Crippen LogP contribution in [0.5, 0.6) is 0 Å². The number of nitro groups is 1. The first-order valence-electron chi connectivity index (χ1n) is 6.95. The predicted molar refractivity (Wildman–Crippen MR) is 83.1 cm³/mol. The molecule has 1 aliphatic heterocycles. The molecule has 1 aliphatic rings. The van der Waals surface area contributed by atoms with Gasteiger partial charge in [-0.15, -0.1) is 0 Å². The standard InChI is InChI=1S/C14H13N3O6S/c18-9-11-7-16(24(21,22)15-11)8-13-5-6-14(23-13)10-1-3-12(4-2-10)17(19)20/h1-6,9,11,15H,7-8H2. The van der Waals surface area contributed by atoms with Crippen LogP contribution >= 0.6 is 0 Å². The number of non-ortho nitro benzene ring substituents is 1. The van der Waals surface area contributed by atoms with Crippen LogP contribution in [0, 0.1) is 10.1 Å². The van der Waals surface area contributed by atoms with Gasteiger partial charge >= 0.3 is 0 Å². The van der Waals surface area contributed by atoms with E-state index in [1.807, 2.05) is 0 Å². The lowest BCUT2D eigenvalue weighted by molar-refractivity contribution is -0.384. The SMILES string of the molecule is O=CC1CN(Cc2ccc(-c3ccc([N+](=O)[O-])cc3)o2)S(=O)(=O)N1. The second-order valence-electron chi connectivity index (χ2n) is 5.23. The van der Waals surface area contributed by atoms with Gasteiger partial charge in [-0.05, 0) is 24.3 Å². The average Bonchev–Trinajstić information content (AvgIpc) is 3.12. The van der Waals surface area contributed by atoms with Crippen molar-refractivity contribution in [3.8, 4) is 11.3 Å². The van der Waals surface area contributed by atoms with E-state index in [1.54, 1.807) is 24.3 Å². The van der Waals surface area contributed by atoms with Crippen molar-refractivity contribution in [2.24, 2.45) is 0 Å². The lowest BCUT2D eigenvalue weighted by atomic mass is 10.1. The summed E-state index contributed by atoms with van der Waals surface area (Å²) in [5, 5.41) is 10.6. The van der Waals surface area contributed by atoms with Crippen LogP contribution in [0.3, 0.4) is 0 Å². The molecule has 126 valence electrons. The Morgan fingerprint density at radius 3 is 2.58 bits per heavy atom. The Kier molecular flexibility index (Phi) is 4.18. The van der Waals surface area contributed by atoms with E-state index >= 15 is 0 Å². The summed E-state index contributed by atoms with van der Waals surface area (Å²) in [7, 11) is -3.70. The Hall–Kier alpha value is -2.56. The highest BCUT2D eigenvalue weighted by Gasteiger charge is 2.35. The highest BCUT2D eigenvalue weighted by Crippen LogP contribution is 2.26. The summed E-state index contributed by atoms with van der Waals surface area (Å²) in [6, 6.07) is 8.35. The molecular weight excluding hydrogens is 338 g/mol.